The molecule has 1 aromatic heterocycles. The first-order valence-corrected chi connectivity index (χ1v) is 5.69. The van der Waals surface area contributed by atoms with Gasteiger partial charge in [0.15, 0.2) is 0 Å². The molecule has 1 aliphatic rings. The van der Waals surface area contributed by atoms with Gasteiger partial charge in [0.1, 0.15) is 0 Å². The van der Waals surface area contributed by atoms with Crippen molar-refractivity contribution in [2.75, 3.05) is 11.9 Å². The van der Waals surface area contributed by atoms with Crippen LogP contribution in [0.15, 0.2) is 18.3 Å². The second-order valence-electron chi connectivity index (χ2n) is 4.26. The van der Waals surface area contributed by atoms with Crippen LogP contribution in [0.1, 0.15) is 31.4 Å². The molecule has 0 spiro atoms. The topological polar surface area (TPSA) is 42.2 Å². The molecular weight excluding hydrogens is 186 g/mol. The maximum Gasteiger partial charge on any atom is 0.0560 e. The van der Waals surface area contributed by atoms with Crippen LogP contribution in [0, 0.1) is 0 Å². The molecule has 0 unspecified atom stereocenters. The Labute approximate surface area is 91.3 Å². The van der Waals surface area contributed by atoms with Crippen LogP contribution >= 0.6 is 0 Å². The van der Waals surface area contributed by atoms with Crippen molar-refractivity contribution in [1.29, 1.82) is 0 Å². The van der Waals surface area contributed by atoms with Gasteiger partial charge in [0.2, 0.25) is 0 Å². The predicted molar refractivity (Wildman–Crippen MR) is 62.8 cm³/mol. The minimum atomic E-state index is 0.520. The molecule has 0 aromatic carbocycles. The lowest BCUT2D eigenvalue weighted by Gasteiger charge is -2.26. The fraction of sp³-hybridized carbons (Fsp3) is 0.583. The Hall–Kier alpha value is -1.09. The van der Waals surface area contributed by atoms with Gasteiger partial charge < -0.3 is 10.6 Å². The van der Waals surface area contributed by atoms with Crippen LogP contribution in [-0.4, -0.2) is 18.1 Å². The van der Waals surface area contributed by atoms with E-state index >= 15 is 0 Å². The Bertz CT molecular complexity index is 318. The van der Waals surface area contributed by atoms with Crippen molar-refractivity contribution in [2.24, 2.45) is 5.73 Å². The van der Waals surface area contributed by atoms with Gasteiger partial charge in [-0.2, -0.15) is 0 Å². The Balaban J connectivity index is 2.13. The predicted octanol–water partition coefficient (Wildman–Crippen LogP) is 1.92. The van der Waals surface area contributed by atoms with E-state index in [9.17, 15) is 0 Å². The van der Waals surface area contributed by atoms with E-state index in [0.717, 1.165) is 5.69 Å². The lowest BCUT2D eigenvalue weighted by molar-refractivity contribution is 0.652. The number of hydrogen-bond donors (Lipinski definition) is 1. The number of pyridine rings is 1. The molecule has 1 heterocycles. The summed E-state index contributed by atoms with van der Waals surface area (Å²) >= 11 is 0. The summed E-state index contributed by atoms with van der Waals surface area (Å²) in [6.07, 6.45) is 7.21. The third kappa shape index (κ3) is 2.29. The SMILES string of the molecule is CN(c1ccnc(CN)c1)C1CCCC1. The smallest absolute Gasteiger partial charge is 0.0560 e. The quantitative estimate of drug-likeness (QED) is 0.819. The van der Waals surface area contributed by atoms with Crippen LogP contribution < -0.4 is 10.6 Å². The normalized spacial score (nSPS) is 16.9. The van der Waals surface area contributed by atoms with Crippen LogP contribution in [0.2, 0.25) is 0 Å². The second-order valence-corrected chi connectivity index (χ2v) is 4.26. The first kappa shape index (κ1) is 10.4. The molecular formula is C12H19N3. The van der Waals surface area contributed by atoms with Crippen LogP contribution in [0.25, 0.3) is 0 Å². The molecule has 0 bridgehead atoms. The van der Waals surface area contributed by atoms with Gasteiger partial charge in [0.05, 0.1) is 5.69 Å². The monoisotopic (exact) mass is 205 g/mol. The zero-order valence-corrected chi connectivity index (χ0v) is 9.32. The molecule has 3 heteroatoms. The number of aromatic nitrogens is 1. The van der Waals surface area contributed by atoms with E-state index in [0.29, 0.717) is 12.6 Å². The zero-order chi connectivity index (χ0) is 10.7. The summed E-state index contributed by atoms with van der Waals surface area (Å²) < 4.78 is 0. The van der Waals surface area contributed by atoms with Crippen molar-refractivity contribution in [2.45, 2.75) is 38.3 Å². The molecule has 2 rings (SSSR count). The molecule has 3 nitrogen and oxygen atoms in total. The van der Waals surface area contributed by atoms with Gasteiger partial charge in [-0.05, 0) is 25.0 Å². The highest BCUT2D eigenvalue weighted by atomic mass is 15.1. The van der Waals surface area contributed by atoms with Gasteiger partial charge in [-0.3, -0.25) is 4.98 Å². The summed E-state index contributed by atoms with van der Waals surface area (Å²) in [6, 6.07) is 4.87. The highest BCUT2D eigenvalue weighted by Crippen LogP contribution is 2.26. The van der Waals surface area contributed by atoms with Crippen LogP contribution in [0.5, 0.6) is 0 Å². The summed E-state index contributed by atoms with van der Waals surface area (Å²) in [5.74, 6) is 0. The second kappa shape index (κ2) is 4.62. The van der Waals surface area contributed by atoms with Crippen molar-refractivity contribution in [3.05, 3.63) is 24.0 Å². The number of hydrogen-bond acceptors (Lipinski definition) is 3. The molecule has 0 radical (unpaired) electrons. The average Bonchev–Trinajstić information content (AvgIpc) is 2.81. The van der Waals surface area contributed by atoms with Crippen molar-refractivity contribution >= 4 is 5.69 Å². The first-order chi connectivity index (χ1) is 7.31. The molecule has 0 saturated heterocycles. The van der Waals surface area contributed by atoms with E-state index in [1.807, 2.05) is 6.20 Å². The highest BCUT2D eigenvalue weighted by Gasteiger charge is 2.19. The Morgan fingerprint density at radius 3 is 2.87 bits per heavy atom. The lowest BCUT2D eigenvalue weighted by atomic mass is 10.2. The van der Waals surface area contributed by atoms with Crippen LogP contribution in [0.4, 0.5) is 5.69 Å². The largest absolute Gasteiger partial charge is 0.372 e. The molecule has 1 fully saturated rings. The lowest BCUT2D eigenvalue weighted by Crippen LogP contribution is -2.28. The first-order valence-electron chi connectivity index (χ1n) is 5.69. The van der Waals surface area contributed by atoms with Gasteiger partial charge in [-0.15, -0.1) is 0 Å². The van der Waals surface area contributed by atoms with E-state index in [4.69, 9.17) is 5.73 Å². The molecule has 1 saturated carbocycles. The summed E-state index contributed by atoms with van der Waals surface area (Å²) in [5, 5.41) is 0. The van der Waals surface area contributed by atoms with E-state index in [1.165, 1.54) is 31.4 Å². The molecule has 0 atom stereocenters. The molecule has 15 heavy (non-hydrogen) atoms. The van der Waals surface area contributed by atoms with Crippen molar-refractivity contribution in [3.63, 3.8) is 0 Å². The maximum atomic E-state index is 5.59. The average molecular weight is 205 g/mol. The van der Waals surface area contributed by atoms with Crippen molar-refractivity contribution < 1.29 is 0 Å². The summed E-state index contributed by atoms with van der Waals surface area (Å²) in [6.45, 7) is 0.520. The Kier molecular flexibility index (Phi) is 3.21. The molecule has 82 valence electrons. The Morgan fingerprint density at radius 2 is 2.20 bits per heavy atom. The zero-order valence-electron chi connectivity index (χ0n) is 9.32. The maximum absolute atomic E-state index is 5.59. The summed E-state index contributed by atoms with van der Waals surface area (Å²) in [5.41, 5.74) is 7.81. The third-order valence-electron chi connectivity index (χ3n) is 3.29. The fourth-order valence-corrected chi connectivity index (χ4v) is 2.30. The number of rotatable bonds is 3. The Morgan fingerprint density at radius 1 is 1.47 bits per heavy atom. The minimum absolute atomic E-state index is 0.520. The van der Waals surface area contributed by atoms with Gasteiger partial charge in [0.25, 0.3) is 0 Å². The number of anilines is 1. The van der Waals surface area contributed by atoms with Crippen molar-refractivity contribution in [3.8, 4) is 0 Å². The molecule has 1 aromatic rings. The van der Waals surface area contributed by atoms with E-state index in [-0.39, 0.29) is 0 Å². The van der Waals surface area contributed by atoms with Crippen molar-refractivity contribution in [1.82, 2.24) is 4.98 Å². The van der Waals surface area contributed by atoms with E-state index in [1.54, 1.807) is 0 Å². The number of nitrogens with two attached hydrogens (primary N) is 1. The molecule has 2 N–H and O–H groups in total. The standard InChI is InChI=1S/C12H19N3/c1-15(11-4-2-3-5-11)12-6-7-14-10(8-12)9-13/h6-8,11H,2-5,9,13H2,1H3. The van der Waals surface area contributed by atoms with Crippen LogP contribution in [-0.2, 0) is 6.54 Å². The third-order valence-corrected chi connectivity index (χ3v) is 3.29. The molecule has 0 aliphatic heterocycles. The van der Waals surface area contributed by atoms with Crippen LogP contribution in [0.3, 0.4) is 0 Å². The number of nitrogens with zero attached hydrogens (tertiary/aromatic N) is 2. The molecule has 1 aliphatic carbocycles. The summed E-state index contributed by atoms with van der Waals surface area (Å²) in [7, 11) is 2.17. The summed E-state index contributed by atoms with van der Waals surface area (Å²) in [4.78, 5) is 6.58. The van der Waals surface area contributed by atoms with E-state index in [2.05, 4.69) is 29.1 Å². The fourth-order valence-electron chi connectivity index (χ4n) is 2.30. The minimum Gasteiger partial charge on any atom is -0.372 e. The molecule has 0 amide bonds. The van der Waals surface area contributed by atoms with Gasteiger partial charge >= 0.3 is 0 Å². The van der Waals surface area contributed by atoms with E-state index < -0.39 is 0 Å². The highest BCUT2D eigenvalue weighted by molar-refractivity contribution is 5.46. The van der Waals surface area contributed by atoms with Gasteiger partial charge in [-0.25, -0.2) is 0 Å². The van der Waals surface area contributed by atoms with Gasteiger partial charge in [0, 0.05) is 31.5 Å². The van der Waals surface area contributed by atoms with Gasteiger partial charge in [-0.1, -0.05) is 12.8 Å².